The van der Waals surface area contributed by atoms with Gasteiger partial charge in [-0.3, -0.25) is 0 Å². The molecule has 11 aromatic carbocycles. The van der Waals surface area contributed by atoms with Gasteiger partial charge in [-0.15, -0.1) is 0 Å². The topological polar surface area (TPSA) is 29.5 Å². The summed E-state index contributed by atoms with van der Waals surface area (Å²) in [6, 6.07) is 90.8. The summed E-state index contributed by atoms with van der Waals surface area (Å²) in [5.41, 5.74) is 22.6. The number of hydrogen-bond acceptors (Lipinski definition) is 3. The van der Waals surface area contributed by atoms with E-state index in [1.807, 2.05) is 6.07 Å². The van der Waals surface area contributed by atoms with Crippen LogP contribution in [0.4, 0.5) is 17.1 Å². The third-order valence-corrected chi connectivity index (χ3v) is 15.1. The predicted octanol–water partition coefficient (Wildman–Crippen LogP) is 18.3. The van der Waals surface area contributed by atoms with Gasteiger partial charge >= 0.3 is 0 Å². The smallest absolute Gasteiger partial charge is 0.159 e. The number of nitrogens with zero attached hydrogens (tertiary/aromatic N) is 1. The largest absolute Gasteiger partial charge is 0.455 e. The van der Waals surface area contributed by atoms with E-state index in [1.165, 1.54) is 50.1 Å². The van der Waals surface area contributed by atoms with Gasteiger partial charge in [-0.2, -0.15) is 0 Å². The molecule has 13 aromatic rings. The van der Waals surface area contributed by atoms with E-state index in [9.17, 15) is 0 Å². The van der Waals surface area contributed by atoms with Crippen LogP contribution >= 0.6 is 0 Å². The third-order valence-electron chi connectivity index (χ3n) is 15.1. The van der Waals surface area contributed by atoms with Gasteiger partial charge in [0, 0.05) is 27.1 Å². The summed E-state index contributed by atoms with van der Waals surface area (Å²) in [6.45, 7) is 0. The zero-order valence-corrected chi connectivity index (χ0v) is 37.9. The fourth-order valence-corrected chi connectivity index (χ4v) is 12.2. The number of benzene rings is 11. The molecular weight excluding hydrogens is 851 g/mol. The molecule has 326 valence electrons. The van der Waals surface area contributed by atoms with Crippen molar-refractivity contribution in [3.8, 4) is 55.6 Å². The Bertz CT molecular complexity index is 4220. The molecule has 2 aliphatic rings. The number of rotatable bonds is 5. The Morgan fingerprint density at radius 3 is 1.30 bits per heavy atom. The first-order valence-electron chi connectivity index (χ1n) is 24.1. The molecule has 0 saturated carbocycles. The zero-order chi connectivity index (χ0) is 45.9. The number of hydrogen-bond donors (Lipinski definition) is 0. The van der Waals surface area contributed by atoms with Crippen molar-refractivity contribution < 1.29 is 8.83 Å². The van der Waals surface area contributed by atoms with Crippen LogP contribution in [0.5, 0.6) is 0 Å². The van der Waals surface area contributed by atoms with Gasteiger partial charge in [0.05, 0.1) is 22.5 Å². The van der Waals surface area contributed by atoms with Crippen LogP contribution in [0.15, 0.2) is 258 Å². The molecule has 1 aliphatic carbocycles. The highest BCUT2D eigenvalue weighted by atomic mass is 16.3. The number of fused-ring (bicyclic) bond motifs is 15. The van der Waals surface area contributed by atoms with Crippen LogP contribution in [-0.2, 0) is 5.41 Å². The summed E-state index contributed by atoms with van der Waals surface area (Å²) in [7, 11) is 0. The second kappa shape index (κ2) is 14.9. The van der Waals surface area contributed by atoms with E-state index in [0.717, 1.165) is 88.8 Å². The van der Waals surface area contributed by atoms with Gasteiger partial charge in [-0.25, -0.2) is 0 Å². The van der Waals surface area contributed by atoms with Crippen LogP contribution in [0, 0.1) is 0 Å². The summed E-state index contributed by atoms with van der Waals surface area (Å²) in [6.07, 6.45) is 0. The molecule has 70 heavy (non-hydrogen) atoms. The molecule has 3 nitrogen and oxygen atoms in total. The molecule has 0 atom stereocenters. The normalized spacial score (nSPS) is 13.2. The summed E-state index contributed by atoms with van der Waals surface area (Å²) >= 11 is 0. The Morgan fingerprint density at radius 2 is 0.686 bits per heavy atom. The lowest BCUT2D eigenvalue weighted by Gasteiger charge is -2.45. The van der Waals surface area contributed by atoms with Crippen molar-refractivity contribution in [3.63, 3.8) is 0 Å². The maximum atomic E-state index is 6.92. The van der Waals surface area contributed by atoms with Crippen molar-refractivity contribution in [2.24, 2.45) is 0 Å². The molecule has 3 heterocycles. The molecule has 0 N–H and O–H groups in total. The first kappa shape index (κ1) is 38.9. The summed E-state index contributed by atoms with van der Waals surface area (Å²) in [4.78, 5) is 2.47. The van der Waals surface area contributed by atoms with Crippen LogP contribution in [0.25, 0.3) is 99.5 Å². The fourth-order valence-electron chi connectivity index (χ4n) is 12.2. The van der Waals surface area contributed by atoms with Crippen molar-refractivity contribution in [1.82, 2.24) is 0 Å². The summed E-state index contributed by atoms with van der Waals surface area (Å²) in [5.74, 6) is 0. The van der Waals surface area contributed by atoms with E-state index in [2.05, 4.69) is 248 Å². The number of anilines is 3. The van der Waals surface area contributed by atoms with Crippen LogP contribution in [0.3, 0.4) is 0 Å². The van der Waals surface area contributed by atoms with Crippen molar-refractivity contribution in [2.75, 3.05) is 4.90 Å². The molecular formula is C67H41NO2. The molecule has 0 saturated heterocycles. The minimum absolute atomic E-state index is 0.711. The van der Waals surface area contributed by atoms with Crippen molar-refractivity contribution in [1.29, 1.82) is 0 Å². The van der Waals surface area contributed by atoms with Crippen molar-refractivity contribution in [3.05, 3.63) is 271 Å². The summed E-state index contributed by atoms with van der Waals surface area (Å²) < 4.78 is 13.6. The molecule has 0 fully saturated rings. The molecule has 1 spiro atoms. The lowest BCUT2D eigenvalue weighted by Crippen LogP contribution is -2.36. The average molecular weight is 892 g/mol. The maximum Gasteiger partial charge on any atom is 0.159 e. The van der Waals surface area contributed by atoms with E-state index in [-0.39, 0.29) is 0 Å². The fraction of sp³-hybridized carbons (Fsp3) is 0.0149. The van der Waals surface area contributed by atoms with Crippen LogP contribution < -0.4 is 4.90 Å². The first-order chi connectivity index (χ1) is 34.7. The van der Waals surface area contributed by atoms with E-state index < -0.39 is 5.41 Å². The van der Waals surface area contributed by atoms with Gasteiger partial charge in [0.25, 0.3) is 0 Å². The van der Waals surface area contributed by atoms with Gasteiger partial charge in [-0.1, -0.05) is 206 Å². The molecule has 0 unspecified atom stereocenters. The zero-order valence-electron chi connectivity index (χ0n) is 37.9. The third kappa shape index (κ3) is 5.40. The molecule has 15 rings (SSSR count). The Kier molecular flexibility index (Phi) is 8.28. The Balaban J connectivity index is 1.06. The van der Waals surface area contributed by atoms with E-state index in [4.69, 9.17) is 8.83 Å². The highest BCUT2D eigenvalue weighted by molar-refractivity contribution is 6.13. The Labute approximate surface area is 404 Å². The second-order valence-electron chi connectivity index (χ2n) is 18.6. The van der Waals surface area contributed by atoms with Gasteiger partial charge in [-0.05, 0) is 115 Å². The summed E-state index contributed by atoms with van der Waals surface area (Å²) in [5, 5.41) is 4.43. The van der Waals surface area contributed by atoms with E-state index in [0.29, 0.717) is 0 Å². The van der Waals surface area contributed by atoms with Gasteiger partial charge in [0.15, 0.2) is 5.58 Å². The Morgan fingerprint density at radius 1 is 0.257 bits per heavy atom. The highest BCUT2D eigenvalue weighted by Crippen LogP contribution is 2.65. The quantitative estimate of drug-likeness (QED) is 0.172. The van der Waals surface area contributed by atoms with Crippen molar-refractivity contribution >= 4 is 60.9 Å². The molecule has 0 amide bonds. The maximum absolute atomic E-state index is 6.92. The molecule has 1 aliphatic heterocycles. The highest BCUT2D eigenvalue weighted by Gasteiger charge is 2.52. The van der Waals surface area contributed by atoms with Crippen LogP contribution in [0.1, 0.15) is 22.3 Å². The minimum Gasteiger partial charge on any atom is -0.455 e. The van der Waals surface area contributed by atoms with Crippen LogP contribution in [0.2, 0.25) is 0 Å². The lowest BCUT2D eigenvalue weighted by atomic mass is 9.64. The molecule has 3 heteroatoms. The second-order valence-corrected chi connectivity index (χ2v) is 18.6. The van der Waals surface area contributed by atoms with Gasteiger partial charge in [0.1, 0.15) is 16.7 Å². The molecule has 2 aromatic heterocycles. The van der Waals surface area contributed by atoms with E-state index >= 15 is 0 Å². The molecule has 0 radical (unpaired) electrons. The standard InChI is InChI=1S/C67H41NO2/c1-2-18-42(19-3-1)45-20-4-5-21-46(45)43-36-38-60-58(40-43)67(56-31-12-8-24-49(56)50-25-9-13-32-57(50)67)59-41-44(37-39-61(59)68(60)62-33-17-30-55-52-27-11-15-35-64(52)70-66(55)62)47-22-6-7-23-48(47)53-28-16-29-54-51-26-10-14-34-63(51)69-65(53)54/h1-41H. The number of para-hydroxylation sites is 4. The predicted molar refractivity (Wildman–Crippen MR) is 288 cm³/mol. The van der Waals surface area contributed by atoms with Gasteiger partial charge < -0.3 is 13.7 Å². The first-order valence-corrected chi connectivity index (χ1v) is 24.1. The lowest BCUT2D eigenvalue weighted by molar-refractivity contribution is 0.668. The van der Waals surface area contributed by atoms with Gasteiger partial charge in [0.2, 0.25) is 0 Å². The number of furan rings is 2. The monoisotopic (exact) mass is 891 g/mol. The average Bonchev–Trinajstić information content (AvgIpc) is 4.10. The van der Waals surface area contributed by atoms with Crippen molar-refractivity contribution in [2.45, 2.75) is 5.41 Å². The SMILES string of the molecule is c1ccc(-c2ccccc2-c2ccc3c(c2)C2(c4ccccc4-c4ccccc42)c2cc(-c4ccccc4-c4cccc5c4oc4ccccc45)ccc2N3c2cccc3c2oc2ccccc23)cc1. The van der Waals surface area contributed by atoms with Crippen LogP contribution in [-0.4, -0.2) is 0 Å². The molecule has 0 bridgehead atoms. The van der Waals surface area contributed by atoms with E-state index in [1.54, 1.807) is 0 Å². The minimum atomic E-state index is -0.711. The Hall–Kier alpha value is -9.18.